The van der Waals surface area contributed by atoms with E-state index in [1.807, 2.05) is 0 Å². The number of rotatable bonds is 6. The van der Waals surface area contributed by atoms with Gasteiger partial charge in [-0.2, -0.15) is 19.4 Å². The van der Waals surface area contributed by atoms with Crippen LogP contribution >= 0.6 is 11.6 Å². The van der Waals surface area contributed by atoms with Crippen LogP contribution in [0.2, 0.25) is 5.02 Å². The van der Waals surface area contributed by atoms with Crippen molar-refractivity contribution in [2.75, 3.05) is 26.3 Å². The zero-order valence-electron chi connectivity index (χ0n) is 18.0. The van der Waals surface area contributed by atoms with Crippen molar-refractivity contribution in [1.29, 1.82) is 0 Å². The topological polar surface area (TPSA) is 110 Å². The summed E-state index contributed by atoms with van der Waals surface area (Å²) in [7, 11) is -3.81. The fourth-order valence-corrected chi connectivity index (χ4v) is 5.39. The molecule has 1 aliphatic heterocycles. The Bertz CT molecular complexity index is 1510. The minimum absolute atomic E-state index is 0.0858. The van der Waals surface area contributed by atoms with Gasteiger partial charge in [-0.25, -0.2) is 17.2 Å². The number of H-pyrrole nitrogens is 1. The lowest BCUT2D eigenvalue weighted by Crippen LogP contribution is -2.41. The summed E-state index contributed by atoms with van der Waals surface area (Å²) in [6, 6.07) is 9.37. The van der Waals surface area contributed by atoms with E-state index < -0.39 is 27.4 Å². The van der Waals surface area contributed by atoms with E-state index in [0.29, 0.717) is 27.7 Å². The van der Waals surface area contributed by atoms with Gasteiger partial charge in [0.1, 0.15) is 17.3 Å². The van der Waals surface area contributed by atoms with E-state index in [1.54, 1.807) is 24.3 Å². The minimum atomic E-state index is -3.81. The van der Waals surface area contributed by atoms with Gasteiger partial charge in [-0.05, 0) is 18.2 Å². The van der Waals surface area contributed by atoms with Crippen molar-refractivity contribution in [1.82, 2.24) is 24.5 Å². The second-order valence-corrected chi connectivity index (χ2v) is 10.0. The number of hydrogen-bond acceptors (Lipinski definition) is 7. The Morgan fingerprint density at radius 3 is 2.63 bits per heavy atom. The molecule has 35 heavy (non-hydrogen) atoms. The van der Waals surface area contributed by atoms with Crippen molar-refractivity contribution in [2.45, 2.75) is 5.75 Å². The SMILES string of the molecule is O=S(=O)(Cc1nc(Oc2ccc(F)cc2F)nc2[nH]nc(-c3ccccc3Cl)c12)N1CCOCC1. The first-order valence-electron chi connectivity index (χ1n) is 10.5. The van der Waals surface area contributed by atoms with Crippen molar-refractivity contribution in [3.8, 4) is 23.0 Å². The molecule has 0 aliphatic carbocycles. The number of sulfonamides is 1. The summed E-state index contributed by atoms with van der Waals surface area (Å²) in [5.41, 5.74) is 1.16. The summed E-state index contributed by atoms with van der Waals surface area (Å²) in [5, 5.41) is 7.77. The Balaban J connectivity index is 1.63. The van der Waals surface area contributed by atoms with Crippen LogP contribution in [0.15, 0.2) is 42.5 Å². The number of aromatic amines is 1. The largest absolute Gasteiger partial charge is 0.421 e. The maximum Gasteiger partial charge on any atom is 0.324 e. The molecule has 0 saturated carbocycles. The van der Waals surface area contributed by atoms with Crippen molar-refractivity contribution in [2.24, 2.45) is 0 Å². The van der Waals surface area contributed by atoms with Gasteiger partial charge in [0.2, 0.25) is 10.0 Å². The molecule has 9 nitrogen and oxygen atoms in total. The molecule has 4 aromatic rings. The van der Waals surface area contributed by atoms with Gasteiger partial charge in [0.25, 0.3) is 0 Å². The Hall–Kier alpha value is -3.19. The number of morpholine rings is 1. The maximum atomic E-state index is 14.2. The van der Waals surface area contributed by atoms with Gasteiger partial charge < -0.3 is 9.47 Å². The molecule has 182 valence electrons. The van der Waals surface area contributed by atoms with E-state index >= 15 is 0 Å². The van der Waals surface area contributed by atoms with Gasteiger partial charge in [0, 0.05) is 24.7 Å². The molecule has 0 spiro atoms. The summed E-state index contributed by atoms with van der Waals surface area (Å²) in [6.45, 7) is 0.993. The van der Waals surface area contributed by atoms with Crippen molar-refractivity contribution >= 4 is 32.7 Å². The molecule has 0 unspecified atom stereocenters. The van der Waals surface area contributed by atoms with Gasteiger partial charge in [-0.3, -0.25) is 5.10 Å². The predicted molar refractivity (Wildman–Crippen MR) is 124 cm³/mol. The zero-order chi connectivity index (χ0) is 24.6. The molecular weight excluding hydrogens is 504 g/mol. The summed E-state index contributed by atoms with van der Waals surface area (Å²) < 4.78 is 65.9. The van der Waals surface area contributed by atoms with Crippen LogP contribution in [0.25, 0.3) is 22.3 Å². The summed E-state index contributed by atoms with van der Waals surface area (Å²) in [4.78, 5) is 8.52. The normalized spacial score (nSPS) is 14.9. The monoisotopic (exact) mass is 521 g/mol. The van der Waals surface area contributed by atoms with Crippen LogP contribution in [-0.4, -0.2) is 59.2 Å². The molecule has 0 radical (unpaired) electrons. The van der Waals surface area contributed by atoms with Crippen LogP contribution < -0.4 is 4.74 Å². The van der Waals surface area contributed by atoms with Crippen LogP contribution in [0, 0.1) is 11.6 Å². The van der Waals surface area contributed by atoms with Gasteiger partial charge in [0.05, 0.1) is 29.3 Å². The first kappa shape index (κ1) is 23.5. The van der Waals surface area contributed by atoms with E-state index in [9.17, 15) is 17.2 Å². The second kappa shape index (κ2) is 9.46. The molecule has 1 fully saturated rings. The number of aromatic nitrogens is 4. The Labute approximate surface area is 203 Å². The van der Waals surface area contributed by atoms with E-state index in [2.05, 4.69) is 20.2 Å². The summed E-state index contributed by atoms with van der Waals surface area (Å²) in [6.07, 6.45) is 0. The average Bonchev–Trinajstić information content (AvgIpc) is 3.26. The van der Waals surface area contributed by atoms with Gasteiger partial charge in [-0.15, -0.1) is 0 Å². The molecule has 1 saturated heterocycles. The molecule has 3 heterocycles. The third kappa shape index (κ3) is 4.82. The van der Waals surface area contributed by atoms with E-state index in [1.165, 1.54) is 4.31 Å². The lowest BCUT2D eigenvalue weighted by atomic mass is 10.1. The molecule has 2 aromatic carbocycles. The van der Waals surface area contributed by atoms with Gasteiger partial charge in [0.15, 0.2) is 17.2 Å². The number of hydrogen-bond donors (Lipinski definition) is 1. The summed E-state index contributed by atoms with van der Waals surface area (Å²) >= 11 is 6.36. The highest BCUT2D eigenvalue weighted by atomic mass is 35.5. The maximum absolute atomic E-state index is 14.2. The number of halogens is 3. The van der Waals surface area contributed by atoms with Crippen molar-refractivity contribution in [3.63, 3.8) is 0 Å². The Morgan fingerprint density at radius 1 is 1.11 bits per heavy atom. The highest BCUT2D eigenvalue weighted by molar-refractivity contribution is 7.88. The highest BCUT2D eigenvalue weighted by Crippen LogP contribution is 2.35. The zero-order valence-corrected chi connectivity index (χ0v) is 19.6. The second-order valence-electron chi connectivity index (χ2n) is 7.67. The molecule has 1 N–H and O–H groups in total. The lowest BCUT2D eigenvalue weighted by molar-refractivity contribution is 0.0729. The fourth-order valence-electron chi connectivity index (χ4n) is 3.72. The van der Waals surface area contributed by atoms with Crippen LogP contribution in [0.4, 0.5) is 8.78 Å². The fraction of sp³-hybridized carbons (Fsp3) is 0.227. The standard InChI is InChI=1S/C22H18ClF2N5O4S/c23-15-4-2-1-3-14(15)20-19-17(12-35(31,32)30-7-9-33-10-8-30)26-22(27-21(19)29-28-20)34-18-6-5-13(24)11-16(18)25/h1-6,11H,7-10,12H2,(H,26,27,28,29). The first-order chi connectivity index (χ1) is 16.8. The Kier molecular flexibility index (Phi) is 6.36. The van der Waals surface area contributed by atoms with E-state index in [-0.39, 0.29) is 49.4 Å². The Morgan fingerprint density at radius 2 is 1.89 bits per heavy atom. The number of nitrogens with zero attached hydrogens (tertiary/aromatic N) is 4. The smallest absolute Gasteiger partial charge is 0.324 e. The molecule has 0 atom stereocenters. The van der Waals surface area contributed by atoms with Crippen molar-refractivity contribution < 1.29 is 26.7 Å². The average molecular weight is 522 g/mol. The number of nitrogens with one attached hydrogen (secondary N) is 1. The molecular formula is C22H18ClF2N5O4S. The summed E-state index contributed by atoms with van der Waals surface area (Å²) in [5.74, 6) is -2.55. The third-order valence-corrected chi connectivity index (χ3v) is 7.50. The van der Waals surface area contributed by atoms with Crippen LogP contribution in [0.5, 0.6) is 11.8 Å². The van der Waals surface area contributed by atoms with Gasteiger partial charge in [-0.1, -0.05) is 29.8 Å². The quantitative estimate of drug-likeness (QED) is 0.409. The van der Waals surface area contributed by atoms with Crippen molar-refractivity contribution in [3.05, 3.63) is 64.8 Å². The number of ether oxygens (including phenoxy) is 2. The molecule has 5 rings (SSSR count). The first-order valence-corrected chi connectivity index (χ1v) is 12.5. The van der Waals surface area contributed by atoms with Gasteiger partial charge >= 0.3 is 6.01 Å². The van der Waals surface area contributed by atoms with Crippen LogP contribution in [0.3, 0.4) is 0 Å². The van der Waals surface area contributed by atoms with E-state index in [4.69, 9.17) is 21.1 Å². The van der Waals surface area contributed by atoms with Crippen LogP contribution in [-0.2, 0) is 20.5 Å². The van der Waals surface area contributed by atoms with Crippen LogP contribution in [0.1, 0.15) is 5.69 Å². The minimum Gasteiger partial charge on any atom is -0.421 e. The molecule has 0 bridgehead atoms. The molecule has 1 aliphatic rings. The predicted octanol–water partition coefficient (Wildman–Crippen LogP) is 3.91. The number of fused-ring (bicyclic) bond motifs is 1. The molecule has 0 amide bonds. The molecule has 13 heteroatoms. The third-order valence-electron chi connectivity index (χ3n) is 5.38. The number of benzene rings is 2. The molecule has 2 aromatic heterocycles. The lowest BCUT2D eigenvalue weighted by Gasteiger charge is -2.26. The van der Waals surface area contributed by atoms with E-state index in [0.717, 1.165) is 12.1 Å². The highest BCUT2D eigenvalue weighted by Gasteiger charge is 2.28.